The standard InChI is InChI=1S/C17H17BrN2O4/c1-24-14(11-6-3-2-4-7-11)16(21)20-13(17(22)23)10-12-8-5-9-19-15(12)18/h2-9,13-14H,10H2,1H3,(H,20,21)(H,22,23)/t13-,14+/m1/s1. The first-order valence-corrected chi connectivity index (χ1v) is 8.02. The van der Waals surface area contributed by atoms with Gasteiger partial charge in [-0.2, -0.15) is 0 Å². The highest BCUT2D eigenvalue weighted by atomic mass is 79.9. The second kappa shape index (κ2) is 8.56. The summed E-state index contributed by atoms with van der Waals surface area (Å²) in [6, 6.07) is 11.3. The van der Waals surface area contributed by atoms with Crippen molar-refractivity contribution in [3.8, 4) is 0 Å². The number of halogens is 1. The molecule has 0 spiro atoms. The van der Waals surface area contributed by atoms with Crippen LogP contribution in [0.3, 0.4) is 0 Å². The van der Waals surface area contributed by atoms with Crippen molar-refractivity contribution in [3.05, 3.63) is 64.4 Å². The Kier molecular flexibility index (Phi) is 6.45. The quantitative estimate of drug-likeness (QED) is 0.705. The molecule has 1 aromatic carbocycles. The number of aliphatic carboxylic acids is 1. The summed E-state index contributed by atoms with van der Waals surface area (Å²) in [6.45, 7) is 0. The SMILES string of the molecule is CO[C@H](C(=O)N[C@H](Cc1cccnc1Br)C(=O)O)c1ccccc1. The van der Waals surface area contributed by atoms with E-state index in [1.165, 1.54) is 7.11 Å². The summed E-state index contributed by atoms with van der Waals surface area (Å²) in [5, 5.41) is 11.9. The van der Waals surface area contributed by atoms with Crippen molar-refractivity contribution < 1.29 is 19.4 Å². The molecular formula is C17H17BrN2O4. The van der Waals surface area contributed by atoms with E-state index in [-0.39, 0.29) is 6.42 Å². The number of methoxy groups -OCH3 is 1. The van der Waals surface area contributed by atoms with E-state index in [0.717, 1.165) is 0 Å². The smallest absolute Gasteiger partial charge is 0.326 e. The molecule has 24 heavy (non-hydrogen) atoms. The highest BCUT2D eigenvalue weighted by Crippen LogP contribution is 2.18. The molecule has 0 aliphatic heterocycles. The van der Waals surface area contributed by atoms with Crippen LogP contribution >= 0.6 is 15.9 Å². The largest absolute Gasteiger partial charge is 0.480 e. The summed E-state index contributed by atoms with van der Waals surface area (Å²) in [4.78, 5) is 28.0. The summed E-state index contributed by atoms with van der Waals surface area (Å²) in [5.74, 6) is -1.63. The summed E-state index contributed by atoms with van der Waals surface area (Å²) in [5.41, 5.74) is 1.35. The number of aromatic nitrogens is 1. The van der Waals surface area contributed by atoms with E-state index in [9.17, 15) is 14.7 Å². The van der Waals surface area contributed by atoms with Crippen molar-refractivity contribution in [2.75, 3.05) is 7.11 Å². The Morgan fingerprint density at radius 1 is 1.25 bits per heavy atom. The van der Waals surface area contributed by atoms with Crippen LogP contribution in [0.25, 0.3) is 0 Å². The van der Waals surface area contributed by atoms with Crippen LogP contribution in [0.1, 0.15) is 17.2 Å². The molecule has 1 amide bonds. The van der Waals surface area contributed by atoms with Gasteiger partial charge in [-0.1, -0.05) is 36.4 Å². The molecule has 0 fully saturated rings. The number of rotatable bonds is 7. The Labute approximate surface area is 148 Å². The lowest BCUT2D eigenvalue weighted by Gasteiger charge is -2.20. The monoisotopic (exact) mass is 392 g/mol. The fourth-order valence-corrected chi connectivity index (χ4v) is 2.67. The number of carbonyl (C=O) groups excluding carboxylic acids is 1. The van der Waals surface area contributed by atoms with E-state index in [4.69, 9.17) is 4.74 Å². The number of hydrogen-bond acceptors (Lipinski definition) is 4. The molecule has 1 aromatic heterocycles. The summed E-state index contributed by atoms with van der Waals surface area (Å²) >= 11 is 3.28. The van der Waals surface area contributed by atoms with Crippen molar-refractivity contribution in [3.63, 3.8) is 0 Å². The number of ether oxygens (including phenoxy) is 1. The third-order valence-electron chi connectivity index (χ3n) is 3.45. The molecule has 0 bridgehead atoms. The number of carbonyl (C=O) groups is 2. The van der Waals surface area contributed by atoms with Crippen molar-refractivity contribution in [2.45, 2.75) is 18.6 Å². The second-order valence-corrected chi connectivity index (χ2v) is 5.83. The summed E-state index contributed by atoms with van der Waals surface area (Å²) < 4.78 is 5.78. The predicted octanol–water partition coefficient (Wildman–Crippen LogP) is 2.34. The highest BCUT2D eigenvalue weighted by Gasteiger charge is 2.27. The van der Waals surface area contributed by atoms with Gasteiger partial charge in [0, 0.05) is 19.7 Å². The molecule has 0 aliphatic carbocycles. The van der Waals surface area contributed by atoms with Crippen LogP contribution in [0.5, 0.6) is 0 Å². The van der Waals surface area contributed by atoms with Crippen LogP contribution in [0.15, 0.2) is 53.3 Å². The van der Waals surface area contributed by atoms with E-state index in [1.54, 1.807) is 42.6 Å². The van der Waals surface area contributed by atoms with Gasteiger partial charge in [0.25, 0.3) is 5.91 Å². The van der Waals surface area contributed by atoms with Gasteiger partial charge >= 0.3 is 5.97 Å². The van der Waals surface area contributed by atoms with Crippen LogP contribution in [-0.2, 0) is 20.7 Å². The molecule has 0 radical (unpaired) electrons. The van der Waals surface area contributed by atoms with Crippen LogP contribution in [0, 0.1) is 0 Å². The van der Waals surface area contributed by atoms with E-state index in [1.807, 2.05) is 6.07 Å². The Hall–Kier alpha value is -2.25. The Bertz CT molecular complexity index is 709. The molecule has 0 saturated carbocycles. The normalized spacial score (nSPS) is 13.1. The van der Waals surface area contributed by atoms with E-state index < -0.39 is 24.0 Å². The molecule has 0 saturated heterocycles. The molecule has 6 nitrogen and oxygen atoms in total. The van der Waals surface area contributed by atoms with Gasteiger partial charge in [-0.15, -0.1) is 0 Å². The van der Waals surface area contributed by atoms with E-state index in [2.05, 4.69) is 26.2 Å². The second-order valence-electron chi connectivity index (χ2n) is 5.08. The Morgan fingerprint density at radius 2 is 1.96 bits per heavy atom. The maximum absolute atomic E-state index is 12.4. The number of carboxylic acid groups (broad SMARTS) is 1. The van der Waals surface area contributed by atoms with Crippen molar-refractivity contribution in [1.82, 2.24) is 10.3 Å². The minimum absolute atomic E-state index is 0.112. The number of pyridine rings is 1. The molecule has 7 heteroatoms. The number of benzene rings is 1. The molecule has 2 rings (SSSR count). The van der Waals surface area contributed by atoms with Gasteiger partial charge in [0.05, 0.1) is 0 Å². The molecular weight excluding hydrogens is 376 g/mol. The number of nitrogens with one attached hydrogen (secondary N) is 1. The van der Waals surface area contributed by atoms with Crippen molar-refractivity contribution >= 4 is 27.8 Å². The fraction of sp³-hybridized carbons (Fsp3) is 0.235. The topological polar surface area (TPSA) is 88.5 Å². The molecule has 2 atom stereocenters. The minimum Gasteiger partial charge on any atom is -0.480 e. The van der Waals surface area contributed by atoms with Crippen molar-refractivity contribution in [2.24, 2.45) is 0 Å². The third kappa shape index (κ3) is 4.62. The van der Waals surface area contributed by atoms with Crippen LogP contribution in [0.2, 0.25) is 0 Å². The molecule has 2 N–H and O–H groups in total. The maximum atomic E-state index is 12.4. The van der Waals surface area contributed by atoms with Gasteiger partial charge in [-0.25, -0.2) is 9.78 Å². The first-order chi connectivity index (χ1) is 11.5. The van der Waals surface area contributed by atoms with Gasteiger partial charge in [0.1, 0.15) is 10.6 Å². The van der Waals surface area contributed by atoms with Crippen LogP contribution in [0.4, 0.5) is 0 Å². The van der Waals surface area contributed by atoms with Gasteiger partial charge in [0.15, 0.2) is 6.10 Å². The summed E-state index contributed by atoms with van der Waals surface area (Å²) in [7, 11) is 1.41. The molecule has 2 aromatic rings. The summed E-state index contributed by atoms with van der Waals surface area (Å²) in [6.07, 6.45) is 0.837. The van der Waals surface area contributed by atoms with E-state index in [0.29, 0.717) is 15.7 Å². The lowest BCUT2D eigenvalue weighted by molar-refractivity contribution is -0.144. The number of hydrogen-bond donors (Lipinski definition) is 2. The fourth-order valence-electron chi connectivity index (χ4n) is 2.26. The average Bonchev–Trinajstić information content (AvgIpc) is 2.57. The van der Waals surface area contributed by atoms with Gasteiger partial charge < -0.3 is 15.2 Å². The lowest BCUT2D eigenvalue weighted by Crippen LogP contribution is -2.44. The van der Waals surface area contributed by atoms with E-state index >= 15 is 0 Å². The molecule has 126 valence electrons. The average molecular weight is 393 g/mol. The van der Waals surface area contributed by atoms with Crippen LogP contribution in [-0.4, -0.2) is 35.1 Å². The van der Waals surface area contributed by atoms with Gasteiger partial charge in [-0.05, 0) is 33.1 Å². The first-order valence-electron chi connectivity index (χ1n) is 7.23. The molecule has 0 unspecified atom stereocenters. The Balaban J connectivity index is 2.13. The number of nitrogens with zero attached hydrogens (tertiary/aromatic N) is 1. The van der Waals surface area contributed by atoms with Gasteiger partial charge in [-0.3, -0.25) is 4.79 Å². The zero-order valence-electron chi connectivity index (χ0n) is 13.0. The zero-order chi connectivity index (χ0) is 17.5. The minimum atomic E-state index is -1.12. The van der Waals surface area contributed by atoms with Crippen LogP contribution < -0.4 is 5.32 Å². The first kappa shape index (κ1) is 18.1. The number of carboxylic acids is 1. The maximum Gasteiger partial charge on any atom is 0.326 e. The highest BCUT2D eigenvalue weighted by molar-refractivity contribution is 9.10. The van der Waals surface area contributed by atoms with Crippen molar-refractivity contribution in [1.29, 1.82) is 0 Å². The predicted molar refractivity (Wildman–Crippen MR) is 91.4 cm³/mol. The molecule has 0 aliphatic rings. The Morgan fingerprint density at radius 3 is 2.54 bits per heavy atom. The zero-order valence-corrected chi connectivity index (χ0v) is 14.6. The number of amides is 1. The van der Waals surface area contributed by atoms with Gasteiger partial charge in [0.2, 0.25) is 0 Å². The third-order valence-corrected chi connectivity index (χ3v) is 4.17. The lowest BCUT2D eigenvalue weighted by atomic mass is 10.1. The molecule has 1 heterocycles.